The fourth-order valence-corrected chi connectivity index (χ4v) is 3.32. The first kappa shape index (κ1) is 16.2. The lowest BCUT2D eigenvalue weighted by atomic mass is 9.92. The number of nitrogens with one attached hydrogen (secondary N) is 2. The number of nitrogens with zero attached hydrogens (tertiary/aromatic N) is 5. The highest BCUT2D eigenvalue weighted by atomic mass is 19.1. The quantitative estimate of drug-likeness (QED) is 0.488. The van der Waals surface area contributed by atoms with Gasteiger partial charge in [0.15, 0.2) is 0 Å². The molecule has 0 amide bonds. The van der Waals surface area contributed by atoms with Crippen molar-refractivity contribution >= 4 is 11.6 Å². The Labute approximate surface area is 155 Å². The van der Waals surface area contributed by atoms with Crippen LogP contribution in [0.4, 0.5) is 20.4 Å². The first-order valence-electron chi connectivity index (χ1n) is 8.30. The Morgan fingerprint density at radius 1 is 0.964 bits per heavy atom. The molecule has 0 bridgehead atoms. The predicted molar refractivity (Wildman–Crippen MR) is 95.0 cm³/mol. The van der Waals surface area contributed by atoms with Crippen LogP contribution in [-0.4, -0.2) is 30.4 Å². The van der Waals surface area contributed by atoms with Crippen LogP contribution in [0.15, 0.2) is 53.3 Å². The lowest BCUT2D eigenvalue weighted by molar-refractivity contribution is 0.564. The molecule has 138 valence electrons. The summed E-state index contributed by atoms with van der Waals surface area (Å²) >= 11 is 0. The van der Waals surface area contributed by atoms with Crippen molar-refractivity contribution in [3.8, 4) is 11.3 Å². The molecule has 2 N–H and O–H groups in total. The van der Waals surface area contributed by atoms with Crippen LogP contribution >= 0.6 is 0 Å². The minimum absolute atomic E-state index is 0.228. The van der Waals surface area contributed by atoms with Crippen molar-refractivity contribution in [2.75, 3.05) is 5.32 Å². The van der Waals surface area contributed by atoms with Crippen LogP contribution in [0, 0.1) is 11.6 Å². The molecule has 28 heavy (non-hydrogen) atoms. The molecule has 5 rings (SSSR count). The maximum atomic E-state index is 13.5. The largest absolute Gasteiger partial charge is 0.318 e. The van der Waals surface area contributed by atoms with Crippen molar-refractivity contribution in [2.24, 2.45) is 0 Å². The Balaban J connectivity index is 1.81. The van der Waals surface area contributed by atoms with E-state index in [2.05, 4.69) is 31.0 Å². The Morgan fingerprint density at radius 3 is 2.36 bits per heavy atom. The zero-order valence-corrected chi connectivity index (χ0v) is 14.1. The van der Waals surface area contributed by atoms with Gasteiger partial charge < -0.3 is 5.32 Å². The van der Waals surface area contributed by atoms with Gasteiger partial charge in [0.2, 0.25) is 5.95 Å². The molecule has 1 atom stereocenters. The monoisotopic (exact) mass is 379 g/mol. The van der Waals surface area contributed by atoms with Crippen LogP contribution in [0.2, 0.25) is 0 Å². The van der Waals surface area contributed by atoms with Gasteiger partial charge >= 0.3 is 0 Å². The molecular formula is C18H11F2N7O. The summed E-state index contributed by atoms with van der Waals surface area (Å²) in [4.78, 5) is 12.5. The standard InChI is InChI=1S/C18H11F2N7O/c19-11-5-1-9(2-6-11)14-13-15(17(28)23-22-14)21-18-24-25-26-27(18)16(13)10-3-7-12(20)8-4-10/h1-8,16H,(H,23,28)(H,21,24,26). The van der Waals surface area contributed by atoms with Crippen molar-refractivity contribution in [3.05, 3.63) is 81.6 Å². The first-order chi connectivity index (χ1) is 13.6. The number of rotatable bonds is 2. The average molecular weight is 379 g/mol. The van der Waals surface area contributed by atoms with Gasteiger partial charge in [0, 0.05) is 11.1 Å². The van der Waals surface area contributed by atoms with Crippen molar-refractivity contribution in [1.82, 2.24) is 30.4 Å². The second-order valence-corrected chi connectivity index (χ2v) is 6.22. The van der Waals surface area contributed by atoms with Crippen LogP contribution in [0.25, 0.3) is 11.3 Å². The third-order valence-electron chi connectivity index (χ3n) is 4.57. The average Bonchev–Trinajstić information content (AvgIpc) is 3.17. The summed E-state index contributed by atoms with van der Waals surface area (Å²) in [5.41, 5.74) is 1.96. The fraction of sp³-hybridized carbons (Fsp3) is 0.0556. The van der Waals surface area contributed by atoms with Gasteiger partial charge in [-0.15, -0.1) is 0 Å². The number of fused-ring (bicyclic) bond motifs is 2. The van der Waals surface area contributed by atoms with Gasteiger partial charge in [0.1, 0.15) is 23.4 Å². The van der Waals surface area contributed by atoms with E-state index in [1.54, 1.807) is 24.3 Å². The van der Waals surface area contributed by atoms with Crippen LogP contribution < -0.4 is 10.9 Å². The number of hydrogen-bond acceptors (Lipinski definition) is 6. The molecule has 0 saturated heterocycles. The molecule has 10 heteroatoms. The highest BCUT2D eigenvalue weighted by molar-refractivity contribution is 5.75. The second kappa shape index (κ2) is 6.05. The Bertz CT molecular complexity index is 1230. The molecule has 2 aromatic carbocycles. The first-order valence-corrected chi connectivity index (χ1v) is 8.30. The third-order valence-corrected chi connectivity index (χ3v) is 4.57. The third kappa shape index (κ3) is 2.46. The summed E-state index contributed by atoms with van der Waals surface area (Å²) in [5.74, 6) is -0.515. The highest BCUT2D eigenvalue weighted by Gasteiger charge is 2.34. The summed E-state index contributed by atoms with van der Waals surface area (Å²) in [7, 11) is 0. The van der Waals surface area contributed by atoms with Gasteiger partial charge in [-0.2, -0.15) is 9.78 Å². The zero-order chi connectivity index (χ0) is 19.3. The number of halogens is 2. The van der Waals surface area contributed by atoms with Crippen molar-refractivity contribution < 1.29 is 8.78 Å². The maximum Gasteiger partial charge on any atom is 0.288 e. The molecule has 4 aromatic rings. The molecule has 1 unspecified atom stereocenters. The number of H-pyrrole nitrogens is 1. The van der Waals surface area contributed by atoms with Gasteiger partial charge in [-0.25, -0.2) is 13.9 Å². The second-order valence-electron chi connectivity index (χ2n) is 6.22. The van der Waals surface area contributed by atoms with E-state index in [4.69, 9.17) is 0 Å². The van der Waals surface area contributed by atoms with Crippen molar-refractivity contribution in [3.63, 3.8) is 0 Å². The molecular weight excluding hydrogens is 368 g/mol. The minimum Gasteiger partial charge on any atom is -0.318 e. The van der Waals surface area contributed by atoms with Crippen LogP contribution in [0.1, 0.15) is 17.2 Å². The zero-order valence-electron chi connectivity index (χ0n) is 14.1. The lowest BCUT2D eigenvalue weighted by Gasteiger charge is -2.27. The molecule has 0 radical (unpaired) electrons. The van der Waals surface area contributed by atoms with Crippen molar-refractivity contribution in [2.45, 2.75) is 6.04 Å². The van der Waals surface area contributed by atoms with Gasteiger partial charge in [0.05, 0.1) is 5.69 Å². The van der Waals surface area contributed by atoms with E-state index in [0.29, 0.717) is 22.4 Å². The molecule has 0 fully saturated rings. The number of tetrazole rings is 1. The normalized spacial score (nSPS) is 14.9. The van der Waals surface area contributed by atoms with Crippen molar-refractivity contribution in [1.29, 1.82) is 0 Å². The van der Waals surface area contributed by atoms with Gasteiger partial charge in [-0.3, -0.25) is 4.79 Å². The van der Waals surface area contributed by atoms with E-state index in [0.717, 1.165) is 0 Å². The molecule has 0 spiro atoms. The molecule has 1 aliphatic heterocycles. The van der Waals surface area contributed by atoms with E-state index in [1.165, 1.54) is 28.9 Å². The number of anilines is 2. The Hall–Kier alpha value is -3.95. The van der Waals surface area contributed by atoms with Crippen LogP contribution in [-0.2, 0) is 0 Å². The molecule has 0 aliphatic carbocycles. The predicted octanol–water partition coefficient (Wildman–Crippen LogP) is 2.40. The van der Waals surface area contributed by atoms with Gasteiger partial charge in [-0.05, 0) is 52.4 Å². The minimum atomic E-state index is -0.628. The molecule has 8 nitrogen and oxygen atoms in total. The van der Waals surface area contributed by atoms with E-state index in [-0.39, 0.29) is 11.6 Å². The maximum absolute atomic E-state index is 13.5. The summed E-state index contributed by atoms with van der Waals surface area (Å²) in [5, 5.41) is 21.1. The lowest BCUT2D eigenvalue weighted by Crippen LogP contribution is -2.29. The molecule has 0 saturated carbocycles. The highest BCUT2D eigenvalue weighted by Crippen LogP contribution is 2.40. The van der Waals surface area contributed by atoms with Crippen LogP contribution in [0.3, 0.4) is 0 Å². The number of hydrogen-bond donors (Lipinski definition) is 2. The number of aromatic nitrogens is 6. The Kier molecular flexibility index (Phi) is 3.51. The van der Waals surface area contributed by atoms with Crippen LogP contribution in [0.5, 0.6) is 0 Å². The number of benzene rings is 2. The SMILES string of the molecule is O=c1[nH]nc(-c2ccc(F)cc2)c2c1Nc1nnnn1C2c1ccc(F)cc1. The van der Waals surface area contributed by atoms with E-state index in [9.17, 15) is 13.6 Å². The summed E-state index contributed by atoms with van der Waals surface area (Å²) in [6.07, 6.45) is 0. The van der Waals surface area contributed by atoms with E-state index in [1.807, 2.05) is 0 Å². The number of aromatic amines is 1. The summed E-state index contributed by atoms with van der Waals surface area (Å²) in [6, 6.07) is 10.9. The summed E-state index contributed by atoms with van der Waals surface area (Å²) in [6.45, 7) is 0. The van der Waals surface area contributed by atoms with E-state index >= 15 is 0 Å². The molecule has 2 aromatic heterocycles. The fourth-order valence-electron chi connectivity index (χ4n) is 3.32. The topological polar surface area (TPSA) is 101 Å². The van der Waals surface area contributed by atoms with E-state index < -0.39 is 23.2 Å². The summed E-state index contributed by atoms with van der Waals surface area (Å²) < 4.78 is 28.3. The molecule has 1 aliphatic rings. The van der Waals surface area contributed by atoms with Gasteiger partial charge in [0.25, 0.3) is 5.56 Å². The van der Waals surface area contributed by atoms with Gasteiger partial charge in [-0.1, -0.05) is 17.2 Å². The smallest absolute Gasteiger partial charge is 0.288 e. The molecule has 3 heterocycles. The Morgan fingerprint density at radius 2 is 1.64 bits per heavy atom.